The van der Waals surface area contributed by atoms with Crippen LogP contribution < -0.4 is 5.32 Å². The van der Waals surface area contributed by atoms with Gasteiger partial charge in [0.15, 0.2) is 0 Å². The van der Waals surface area contributed by atoms with Crippen molar-refractivity contribution in [3.63, 3.8) is 0 Å². The van der Waals surface area contributed by atoms with Gasteiger partial charge in [0.1, 0.15) is 6.10 Å². The fourth-order valence-electron chi connectivity index (χ4n) is 2.42. The highest BCUT2D eigenvalue weighted by Crippen LogP contribution is 2.41. The van der Waals surface area contributed by atoms with E-state index < -0.39 is 0 Å². The van der Waals surface area contributed by atoms with Gasteiger partial charge in [0.25, 0.3) is 0 Å². The summed E-state index contributed by atoms with van der Waals surface area (Å²) in [5.74, 6) is 1.97. The van der Waals surface area contributed by atoms with E-state index in [9.17, 15) is 0 Å². The second-order valence-electron chi connectivity index (χ2n) is 5.44. The molecule has 1 fully saturated rings. The summed E-state index contributed by atoms with van der Waals surface area (Å²) in [4.78, 5) is 4.46. The van der Waals surface area contributed by atoms with Crippen molar-refractivity contribution in [2.75, 3.05) is 19.0 Å². The molecule has 1 aliphatic rings. The molecule has 0 saturated heterocycles. The topological polar surface area (TPSA) is 60.2 Å². The van der Waals surface area contributed by atoms with E-state index in [4.69, 9.17) is 9.26 Å². The third kappa shape index (κ3) is 3.82. The summed E-state index contributed by atoms with van der Waals surface area (Å²) in [6, 6.07) is 10.2. The van der Waals surface area contributed by atoms with Gasteiger partial charge in [0, 0.05) is 25.8 Å². The quantitative estimate of drug-likeness (QED) is 0.755. The molecule has 1 unspecified atom stereocenters. The van der Waals surface area contributed by atoms with Gasteiger partial charge in [-0.15, -0.1) is 0 Å². The Morgan fingerprint density at radius 1 is 1.33 bits per heavy atom. The van der Waals surface area contributed by atoms with Crippen LogP contribution >= 0.6 is 0 Å². The number of rotatable bonds is 8. The number of aryl methyl sites for hydroxylation is 1. The molecule has 1 aromatic carbocycles. The van der Waals surface area contributed by atoms with Crippen LogP contribution in [0.4, 0.5) is 5.69 Å². The largest absolute Gasteiger partial charge is 0.385 e. The van der Waals surface area contributed by atoms with Crippen molar-refractivity contribution in [2.45, 2.75) is 31.8 Å². The van der Waals surface area contributed by atoms with E-state index in [1.54, 1.807) is 7.11 Å². The molecule has 1 heterocycles. The van der Waals surface area contributed by atoms with Gasteiger partial charge in [-0.1, -0.05) is 23.4 Å². The summed E-state index contributed by atoms with van der Waals surface area (Å²) in [7, 11) is 1.71. The first-order valence-electron chi connectivity index (χ1n) is 7.51. The van der Waals surface area contributed by atoms with E-state index in [-0.39, 0.29) is 6.10 Å². The zero-order valence-corrected chi connectivity index (χ0v) is 12.3. The first kappa shape index (κ1) is 14.1. The van der Waals surface area contributed by atoms with Crippen LogP contribution in [-0.2, 0) is 11.2 Å². The predicted octanol–water partition coefficient (Wildman–Crippen LogP) is 3.21. The molecule has 1 N–H and O–H groups in total. The predicted molar refractivity (Wildman–Crippen MR) is 80.0 cm³/mol. The van der Waals surface area contributed by atoms with E-state index in [0.29, 0.717) is 17.6 Å². The van der Waals surface area contributed by atoms with E-state index >= 15 is 0 Å². The third-order valence-corrected chi connectivity index (χ3v) is 3.71. The Balaban J connectivity index is 1.44. The maximum Gasteiger partial charge on any atom is 0.226 e. The first-order chi connectivity index (χ1) is 10.4. The Labute approximate surface area is 124 Å². The summed E-state index contributed by atoms with van der Waals surface area (Å²) < 4.78 is 10.8. The molecule has 5 heteroatoms. The second-order valence-corrected chi connectivity index (χ2v) is 5.44. The second kappa shape index (κ2) is 6.72. The van der Waals surface area contributed by atoms with Crippen LogP contribution in [0.2, 0.25) is 0 Å². The lowest BCUT2D eigenvalue weighted by molar-refractivity contribution is 0.0751. The van der Waals surface area contributed by atoms with Crippen LogP contribution in [0, 0.1) is 5.92 Å². The molecule has 1 saturated carbocycles. The van der Waals surface area contributed by atoms with Crippen LogP contribution in [0.1, 0.15) is 37.1 Å². The van der Waals surface area contributed by atoms with E-state index in [1.807, 2.05) is 18.2 Å². The lowest BCUT2D eigenvalue weighted by Crippen LogP contribution is -2.06. The molecule has 0 spiro atoms. The Morgan fingerprint density at radius 2 is 2.14 bits per heavy atom. The normalized spacial score (nSPS) is 15.9. The van der Waals surface area contributed by atoms with Crippen LogP contribution in [0.25, 0.3) is 0 Å². The smallest absolute Gasteiger partial charge is 0.226 e. The number of nitrogens with zero attached hydrogens (tertiary/aromatic N) is 2. The highest BCUT2D eigenvalue weighted by molar-refractivity contribution is 5.42. The minimum absolute atomic E-state index is 0.00458. The van der Waals surface area contributed by atoms with Crippen molar-refractivity contribution in [3.05, 3.63) is 42.0 Å². The summed E-state index contributed by atoms with van der Waals surface area (Å²) in [6.45, 7) is 0.887. The molecule has 2 aromatic rings. The molecule has 0 amide bonds. The Hall–Kier alpha value is -1.88. The van der Waals surface area contributed by atoms with Gasteiger partial charge in [-0.2, -0.15) is 4.98 Å². The van der Waals surface area contributed by atoms with Gasteiger partial charge in [0.2, 0.25) is 11.7 Å². The SMILES string of the molecule is COC(c1noc(CCCNc2ccccc2)n1)C1CC1. The first-order valence-corrected chi connectivity index (χ1v) is 7.51. The highest BCUT2D eigenvalue weighted by atomic mass is 16.5. The van der Waals surface area contributed by atoms with Crippen LogP contribution in [0.3, 0.4) is 0 Å². The minimum atomic E-state index is 0.00458. The van der Waals surface area contributed by atoms with E-state index in [2.05, 4.69) is 27.6 Å². The van der Waals surface area contributed by atoms with Crippen LogP contribution in [-0.4, -0.2) is 23.8 Å². The molecule has 0 radical (unpaired) electrons. The number of anilines is 1. The van der Waals surface area contributed by atoms with Gasteiger partial charge in [-0.25, -0.2) is 0 Å². The lowest BCUT2D eigenvalue weighted by Gasteiger charge is -2.08. The number of methoxy groups -OCH3 is 1. The summed E-state index contributed by atoms with van der Waals surface area (Å²) >= 11 is 0. The highest BCUT2D eigenvalue weighted by Gasteiger charge is 2.35. The minimum Gasteiger partial charge on any atom is -0.385 e. The van der Waals surface area contributed by atoms with Crippen molar-refractivity contribution in [2.24, 2.45) is 5.92 Å². The van der Waals surface area contributed by atoms with Crippen molar-refractivity contribution in [3.8, 4) is 0 Å². The Morgan fingerprint density at radius 3 is 2.86 bits per heavy atom. The van der Waals surface area contributed by atoms with E-state index in [0.717, 1.165) is 25.1 Å². The zero-order chi connectivity index (χ0) is 14.5. The maximum atomic E-state index is 5.46. The number of nitrogens with one attached hydrogen (secondary N) is 1. The maximum absolute atomic E-state index is 5.46. The van der Waals surface area contributed by atoms with Gasteiger partial charge >= 0.3 is 0 Å². The fraction of sp³-hybridized carbons (Fsp3) is 0.500. The molecular formula is C16H21N3O2. The van der Waals surface area contributed by atoms with Gasteiger partial charge < -0.3 is 14.6 Å². The van der Waals surface area contributed by atoms with Gasteiger partial charge in [-0.3, -0.25) is 0 Å². The van der Waals surface area contributed by atoms with Gasteiger partial charge in [0.05, 0.1) is 0 Å². The van der Waals surface area contributed by atoms with Crippen LogP contribution in [0.5, 0.6) is 0 Å². The van der Waals surface area contributed by atoms with Crippen LogP contribution in [0.15, 0.2) is 34.9 Å². The average Bonchev–Trinajstić information content (AvgIpc) is 3.24. The summed E-state index contributed by atoms with van der Waals surface area (Å²) in [5, 5.41) is 7.42. The summed E-state index contributed by atoms with van der Waals surface area (Å²) in [6.07, 6.45) is 4.14. The standard InChI is InChI=1S/C16H21N3O2/c1-20-15(12-9-10-12)16-18-14(21-19-16)8-5-11-17-13-6-3-2-4-7-13/h2-4,6-7,12,15,17H,5,8-11H2,1H3. The van der Waals surface area contributed by atoms with Crippen molar-refractivity contribution in [1.29, 1.82) is 0 Å². The number of hydrogen-bond donors (Lipinski definition) is 1. The summed E-state index contributed by atoms with van der Waals surface area (Å²) in [5.41, 5.74) is 1.14. The molecular weight excluding hydrogens is 266 g/mol. The molecule has 1 atom stereocenters. The van der Waals surface area contributed by atoms with Crippen molar-refractivity contribution < 1.29 is 9.26 Å². The third-order valence-electron chi connectivity index (χ3n) is 3.71. The lowest BCUT2D eigenvalue weighted by atomic mass is 10.2. The average molecular weight is 287 g/mol. The number of hydrogen-bond acceptors (Lipinski definition) is 5. The van der Waals surface area contributed by atoms with Crippen molar-refractivity contribution in [1.82, 2.24) is 10.1 Å². The molecule has 5 nitrogen and oxygen atoms in total. The van der Waals surface area contributed by atoms with Crippen molar-refractivity contribution >= 4 is 5.69 Å². The molecule has 112 valence electrons. The Kier molecular flexibility index (Phi) is 4.50. The molecule has 0 aliphatic heterocycles. The molecule has 21 heavy (non-hydrogen) atoms. The monoisotopic (exact) mass is 287 g/mol. The zero-order valence-electron chi connectivity index (χ0n) is 12.3. The molecule has 1 aliphatic carbocycles. The fourth-order valence-corrected chi connectivity index (χ4v) is 2.42. The number of para-hydroxylation sites is 1. The number of aromatic nitrogens is 2. The number of benzene rings is 1. The van der Waals surface area contributed by atoms with E-state index in [1.165, 1.54) is 12.8 Å². The molecule has 3 rings (SSSR count). The molecule has 1 aromatic heterocycles. The molecule has 0 bridgehead atoms. The van der Waals surface area contributed by atoms with Gasteiger partial charge in [-0.05, 0) is 37.3 Å². The number of ether oxygens (including phenoxy) is 1. The Bertz CT molecular complexity index is 552.